The Balaban J connectivity index is 2.79. The second-order valence-electron chi connectivity index (χ2n) is 4.84. The van der Waals surface area contributed by atoms with E-state index >= 15 is 0 Å². The van der Waals surface area contributed by atoms with E-state index < -0.39 is 5.97 Å². The molecule has 1 N–H and O–H groups in total. The minimum atomic E-state index is -0.740. The summed E-state index contributed by atoms with van der Waals surface area (Å²) in [6.07, 6.45) is 0.812. The van der Waals surface area contributed by atoms with Gasteiger partial charge in [-0.25, -0.2) is 0 Å². The summed E-state index contributed by atoms with van der Waals surface area (Å²) in [7, 11) is 0. The minimum Gasteiger partial charge on any atom is -0.481 e. The van der Waals surface area contributed by atoms with Crippen LogP contribution in [0.15, 0.2) is 24.3 Å². The topological polar surface area (TPSA) is 37.3 Å². The molecule has 0 amide bonds. The summed E-state index contributed by atoms with van der Waals surface area (Å²) in [6.45, 7) is 6.47. The highest BCUT2D eigenvalue weighted by Gasteiger charge is 2.13. The summed E-state index contributed by atoms with van der Waals surface area (Å²) in [6, 6.07) is 8.17. The zero-order valence-corrected chi connectivity index (χ0v) is 9.58. The number of aryl methyl sites for hydroxylation is 1. The van der Waals surface area contributed by atoms with E-state index in [1.165, 1.54) is 5.56 Å². The van der Waals surface area contributed by atoms with Gasteiger partial charge in [-0.2, -0.15) is 0 Å². The number of benzene rings is 1. The van der Waals surface area contributed by atoms with Gasteiger partial charge in [-0.15, -0.1) is 0 Å². The lowest BCUT2D eigenvalue weighted by Gasteiger charge is -2.19. The van der Waals surface area contributed by atoms with Crippen molar-refractivity contribution in [1.82, 2.24) is 0 Å². The molecule has 1 aromatic carbocycles. The fourth-order valence-corrected chi connectivity index (χ4v) is 1.44. The first-order chi connectivity index (χ1) is 6.89. The van der Waals surface area contributed by atoms with Crippen LogP contribution in [0.4, 0.5) is 0 Å². The number of carboxylic acid groups (broad SMARTS) is 1. The molecule has 0 saturated carbocycles. The first-order valence-electron chi connectivity index (χ1n) is 5.21. The number of carboxylic acids is 1. The van der Waals surface area contributed by atoms with Crippen LogP contribution in [-0.2, 0) is 16.6 Å². The molecule has 0 aliphatic heterocycles. The van der Waals surface area contributed by atoms with Gasteiger partial charge >= 0.3 is 5.97 Å². The van der Waals surface area contributed by atoms with Gasteiger partial charge in [-0.3, -0.25) is 4.79 Å². The molecule has 0 fully saturated rings. The van der Waals surface area contributed by atoms with E-state index in [2.05, 4.69) is 32.9 Å². The molecule has 2 nitrogen and oxygen atoms in total. The van der Waals surface area contributed by atoms with Crippen LogP contribution >= 0.6 is 0 Å². The first-order valence-corrected chi connectivity index (χ1v) is 5.21. The highest BCUT2D eigenvalue weighted by atomic mass is 16.4. The third kappa shape index (κ3) is 3.74. The van der Waals surface area contributed by atoms with Crippen molar-refractivity contribution in [3.63, 3.8) is 0 Å². The summed E-state index contributed by atoms with van der Waals surface area (Å²) in [5, 5.41) is 8.60. The lowest BCUT2D eigenvalue weighted by atomic mass is 9.86. The summed E-state index contributed by atoms with van der Waals surface area (Å²) in [5.74, 6) is -0.740. The molecule has 0 aliphatic rings. The van der Waals surface area contributed by atoms with Gasteiger partial charge in [0.15, 0.2) is 0 Å². The number of rotatable bonds is 3. The predicted molar refractivity (Wildman–Crippen MR) is 61.1 cm³/mol. The van der Waals surface area contributed by atoms with Crippen molar-refractivity contribution >= 4 is 5.97 Å². The Morgan fingerprint density at radius 1 is 1.33 bits per heavy atom. The van der Waals surface area contributed by atoms with Crippen LogP contribution in [0.2, 0.25) is 0 Å². The number of carbonyl (C=O) groups is 1. The van der Waals surface area contributed by atoms with Crippen LogP contribution in [0.25, 0.3) is 0 Å². The summed E-state index contributed by atoms with van der Waals surface area (Å²) >= 11 is 0. The molecule has 0 aliphatic carbocycles. The third-order valence-corrected chi connectivity index (χ3v) is 2.42. The highest BCUT2D eigenvalue weighted by molar-refractivity contribution is 5.67. The first kappa shape index (κ1) is 11.8. The minimum absolute atomic E-state index is 0.124. The van der Waals surface area contributed by atoms with E-state index in [0.717, 1.165) is 5.56 Å². The summed E-state index contributed by atoms with van der Waals surface area (Å²) in [4.78, 5) is 10.5. The fourth-order valence-electron chi connectivity index (χ4n) is 1.44. The average Bonchev–Trinajstić information content (AvgIpc) is 2.14. The van der Waals surface area contributed by atoms with Crippen molar-refractivity contribution in [3.8, 4) is 0 Å². The van der Waals surface area contributed by atoms with Crippen molar-refractivity contribution in [2.75, 3.05) is 0 Å². The highest BCUT2D eigenvalue weighted by Crippen LogP contribution is 2.23. The van der Waals surface area contributed by atoms with Crippen LogP contribution < -0.4 is 0 Å². The van der Waals surface area contributed by atoms with Gasteiger partial charge in [0.25, 0.3) is 0 Å². The van der Waals surface area contributed by atoms with E-state index in [4.69, 9.17) is 5.11 Å². The van der Waals surface area contributed by atoms with Crippen molar-refractivity contribution < 1.29 is 9.90 Å². The van der Waals surface area contributed by atoms with Gasteiger partial charge in [0.05, 0.1) is 0 Å². The molecule has 82 valence electrons. The number of hydrogen-bond donors (Lipinski definition) is 1. The zero-order chi connectivity index (χ0) is 11.5. The van der Waals surface area contributed by atoms with Gasteiger partial charge in [0, 0.05) is 6.42 Å². The Kier molecular flexibility index (Phi) is 3.51. The largest absolute Gasteiger partial charge is 0.481 e. The van der Waals surface area contributed by atoms with Gasteiger partial charge in [0.2, 0.25) is 0 Å². The van der Waals surface area contributed by atoms with Crippen molar-refractivity contribution in [2.24, 2.45) is 0 Å². The molecule has 1 rings (SSSR count). The molecule has 1 aromatic rings. The number of hydrogen-bond acceptors (Lipinski definition) is 1. The van der Waals surface area contributed by atoms with E-state index in [1.54, 1.807) is 0 Å². The van der Waals surface area contributed by atoms with Crippen LogP contribution in [0, 0.1) is 0 Å². The Bertz CT molecular complexity index is 348. The maximum atomic E-state index is 10.5. The molecule has 0 radical (unpaired) electrons. The van der Waals surface area contributed by atoms with Gasteiger partial charge in [-0.05, 0) is 23.0 Å². The molecule has 0 unspecified atom stereocenters. The standard InChI is InChI=1S/C13H18O2/c1-13(2,3)11-6-4-5-10(9-11)7-8-12(14)15/h4-6,9H,7-8H2,1-3H3,(H,14,15). The number of aliphatic carboxylic acids is 1. The van der Waals surface area contributed by atoms with Crippen molar-refractivity contribution in [2.45, 2.75) is 39.0 Å². The van der Waals surface area contributed by atoms with Crippen LogP contribution in [0.1, 0.15) is 38.3 Å². The molecule has 0 spiro atoms. The maximum absolute atomic E-state index is 10.5. The molecule has 0 bridgehead atoms. The van der Waals surface area contributed by atoms with E-state index in [9.17, 15) is 4.79 Å². The molecule has 0 heterocycles. The monoisotopic (exact) mass is 206 g/mol. The summed E-state index contributed by atoms with van der Waals surface area (Å²) < 4.78 is 0. The van der Waals surface area contributed by atoms with E-state index in [0.29, 0.717) is 6.42 Å². The second-order valence-corrected chi connectivity index (χ2v) is 4.84. The van der Waals surface area contributed by atoms with Crippen LogP contribution in [-0.4, -0.2) is 11.1 Å². The zero-order valence-electron chi connectivity index (χ0n) is 9.58. The summed E-state index contributed by atoms with van der Waals surface area (Å²) in [5.41, 5.74) is 2.48. The van der Waals surface area contributed by atoms with Gasteiger partial charge in [-0.1, -0.05) is 45.0 Å². The van der Waals surface area contributed by atoms with Crippen molar-refractivity contribution in [3.05, 3.63) is 35.4 Å². The lowest BCUT2D eigenvalue weighted by molar-refractivity contribution is -0.136. The second kappa shape index (κ2) is 4.47. The van der Waals surface area contributed by atoms with Gasteiger partial charge in [0.1, 0.15) is 0 Å². The van der Waals surface area contributed by atoms with Gasteiger partial charge < -0.3 is 5.11 Å². The van der Waals surface area contributed by atoms with E-state index in [1.807, 2.05) is 12.1 Å². The molecule has 2 heteroatoms. The Morgan fingerprint density at radius 3 is 2.53 bits per heavy atom. The van der Waals surface area contributed by atoms with Crippen molar-refractivity contribution in [1.29, 1.82) is 0 Å². The normalized spacial score (nSPS) is 11.4. The molecular formula is C13H18O2. The fraction of sp³-hybridized carbons (Fsp3) is 0.462. The average molecular weight is 206 g/mol. The quantitative estimate of drug-likeness (QED) is 0.825. The Morgan fingerprint density at radius 2 is 2.00 bits per heavy atom. The molecule has 15 heavy (non-hydrogen) atoms. The smallest absolute Gasteiger partial charge is 0.303 e. The maximum Gasteiger partial charge on any atom is 0.303 e. The van der Waals surface area contributed by atoms with Crippen LogP contribution in [0.3, 0.4) is 0 Å². The molecule has 0 saturated heterocycles. The third-order valence-electron chi connectivity index (χ3n) is 2.42. The molecule has 0 atom stereocenters. The van der Waals surface area contributed by atoms with Crippen LogP contribution in [0.5, 0.6) is 0 Å². The molecular weight excluding hydrogens is 188 g/mol. The van der Waals surface area contributed by atoms with E-state index in [-0.39, 0.29) is 11.8 Å². The Hall–Kier alpha value is -1.31. The SMILES string of the molecule is CC(C)(C)c1cccc(CCC(=O)O)c1. The molecule has 0 aromatic heterocycles. The predicted octanol–water partition coefficient (Wildman–Crippen LogP) is 3.00. The Labute approximate surface area is 90.9 Å². The lowest BCUT2D eigenvalue weighted by Crippen LogP contribution is -2.11.